The van der Waals surface area contributed by atoms with Gasteiger partial charge in [-0.3, -0.25) is 9.59 Å². The predicted molar refractivity (Wildman–Crippen MR) is 105 cm³/mol. The monoisotopic (exact) mass is 369 g/mol. The number of amides is 2. The highest BCUT2D eigenvalue weighted by molar-refractivity contribution is 6.39. The summed E-state index contributed by atoms with van der Waals surface area (Å²) in [7, 11) is 2.09. The van der Waals surface area contributed by atoms with Gasteiger partial charge in [0.25, 0.3) is 0 Å². The van der Waals surface area contributed by atoms with Crippen molar-refractivity contribution in [3.63, 3.8) is 0 Å². The van der Waals surface area contributed by atoms with E-state index in [0.717, 1.165) is 24.9 Å². The lowest BCUT2D eigenvalue weighted by Crippen LogP contribution is -2.36. The van der Waals surface area contributed by atoms with Crippen LogP contribution in [0.25, 0.3) is 0 Å². The predicted octanol–water partition coefficient (Wildman–Crippen LogP) is 2.81. The molecule has 5 nitrogen and oxygen atoms in total. The van der Waals surface area contributed by atoms with Crippen molar-refractivity contribution in [2.75, 3.05) is 30.4 Å². The number of carbonyl (C=O) groups excluding carboxylic acids is 2. The molecule has 2 aromatic rings. The molecule has 0 atom stereocenters. The molecule has 0 aromatic heterocycles. The van der Waals surface area contributed by atoms with Crippen LogP contribution in [0.1, 0.15) is 23.1 Å². The Morgan fingerprint density at radius 1 is 1.15 bits per heavy atom. The molecule has 0 radical (unpaired) electrons. The number of rotatable bonds is 4. The summed E-state index contributed by atoms with van der Waals surface area (Å²) in [5.41, 5.74) is 4.46. The van der Waals surface area contributed by atoms with Crippen LogP contribution < -0.4 is 15.5 Å². The Labute approximate surface area is 158 Å². The molecule has 0 fully saturated rings. The van der Waals surface area contributed by atoms with E-state index in [0.29, 0.717) is 18.5 Å². The van der Waals surface area contributed by atoms with Crippen molar-refractivity contribution >= 4 is 23.2 Å². The largest absolute Gasteiger partial charge is 0.374 e. The molecule has 3 rings (SSSR count). The summed E-state index contributed by atoms with van der Waals surface area (Å²) in [6.45, 7) is 3.07. The number of benzene rings is 2. The number of carbonyl (C=O) groups is 2. The number of nitrogens with zero attached hydrogens (tertiary/aromatic N) is 1. The van der Waals surface area contributed by atoms with Crippen molar-refractivity contribution < 1.29 is 14.0 Å². The molecular formula is C21H24FN3O2. The lowest BCUT2D eigenvalue weighted by molar-refractivity contribution is -0.136. The topological polar surface area (TPSA) is 61.4 Å². The Balaban J connectivity index is 1.50. The van der Waals surface area contributed by atoms with Crippen LogP contribution in [-0.4, -0.2) is 32.0 Å². The first kappa shape index (κ1) is 18.9. The van der Waals surface area contributed by atoms with E-state index in [1.165, 1.54) is 17.3 Å². The molecule has 1 heterocycles. The molecule has 0 bridgehead atoms. The SMILES string of the molecule is Cc1ccc(NC(=O)C(=O)NCCc2ccc3c(c2)CCCN3C)cc1F. The number of halogens is 1. The molecule has 6 heteroatoms. The van der Waals surface area contributed by atoms with Crippen LogP contribution in [-0.2, 0) is 22.4 Å². The second-order valence-corrected chi connectivity index (χ2v) is 6.91. The highest BCUT2D eigenvalue weighted by Crippen LogP contribution is 2.26. The van der Waals surface area contributed by atoms with Crippen molar-refractivity contribution in [3.8, 4) is 0 Å². The molecule has 27 heavy (non-hydrogen) atoms. The summed E-state index contributed by atoms with van der Waals surface area (Å²) in [5, 5.41) is 5.02. The number of anilines is 2. The third kappa shape index (κ3) is 4.64. The highest BCUT2D eigenvalue weighted by atomic mass is 19.1. The fourth-order valence-electron chi connectivity index (χ4n) is 3.25. The summed E-state index contributed by atoms with van der Waals surface area (Å²) in [5.74, 6) is -1.95. The van der Waals surface area contributed by atoms with Crippen LogP contribution >= 0.6 is 0 Å². The summed E-state index contributed by atoms with van der Waals surface area (Å²) in [4.78, 5) is 26.1. The van der Waals surface area contributed by atoms with E-state index in [4.69, 9.17) is 0 Å². The number of hydrogen-bond donors (Lipinski definition) is 2. The van der Waals surface area contributed by atoms with Crippen LogP contribution in [0.3, 0.4) is 0 Å². The third-order valence-corrected chi connectivity index (χ3v) is 4.83. The number of nitrogens with one attached hydrogen (secondary N) is 2. The van der Waals surface area contributed by atoms with E-state index in [-0.39, 0.29) is 5.69 Å². The van der Waals surface area contributed by atoms with Gasteiger partial charge in [0.15, 0.2) is 0 Å². The van der Waals surface area contributed by atoms with Crippen molar-refractivity contribution in [3.05, 3.63) is 58.9 Å². The fourth-order valence-corrected chi connectivity index (χ4v) is 3.25. The van der Waals surface area contributed by atoms with Gasteiger partial charge in [0.05, 0.1) is 0 Å². The smallest absolute Gasteiger partial charge is 0.313 e. The summed E-state index contributed by atoms with van der Waals surface area (Å²) >= 11 is 0. The van der Waals surface area contributed by atoms with Crippen molar-refractivity contribution in [1.29, 1.82) is 0 Å². The van der Waals surface area contributed by atoms with Crippen molar-refractivity contribution in [2.45, 2.75) is 26.2 Å². The van der Waals surface area contributed by atoms with E-state index in [1.54, 1.807) is 19.1 Å². The van der Waals surface area contributed by atoms with Gasteiger partial charge in [0.2, 0.25) is 0 Å². The van der Waals surface area contributed by atoms with Gasteiger partial charge in [0.1, 0.15) is 5.82 Å². The molecule has 142 valence electrons. The number of aryl methyl sites for hydroxylation is 2. The van der Waals surface area contributed by atoms with E-state index in [9.17, 15) is 14.0 Å². The molecule has 2 aromatic carbocycles. The van der Waals surface area contributed by atoms with Crippen molar-refractivity contribution in [1.82, 2.24) is 5.32 Å². The highest BCUT2D eigenvalue weighted by Gasteiger charge is 2.15. The molecule has 0 aliphatic carbocycles. The maximum atomic E-state index is 13.5. The Hall–Kier alpha value is -2.89. The van der Waals surface area contributed by atoms with Gasteiger partial charge in [-0.1, -0.05) is 18.2 Å². The number of fused-ring (bicyclic) bond motifs is 1. The van der Waals surface area contributed by atoms with E-state index in [1.807, 2.05) is 0 Å². The maximum Gasteiger partial charge on any atom is 0.313 e. The van der Waals surface area contributed by atoms with E-state index >= 15 is 0 Å². The first-order valence-electron chi connectivity index (χ1n) is 9.12. The average Bonchev–Trinajstić information content (AvgIpc) is 2.65. The minimum atomic E-state index is -0.801. The molecule has 1 aliphatic rings. The minimum Gasteiger partial charge on any atom is -0.374 e. The Kier molecular flexibility index (Phi) is 5.74. The van der Waals surface area contributed by atoms with Crippen LogP contribution in [0.15, 0.2) is 36.4 Å². The van der Waals surface area contributed by atoms with Gasteiger partial charge < -0.3 is 15.5 Å². The van der Waals surface area contributed by atoms with Gasteiger partial charge in [-0.05, 0) is 61.1 Å². The molecule has 0 saturated carbocycles. The molecule has 1 aliphatic heterocycles. The first-order valence-corrected chi connectivity index (χ1v) is 9.12. The minimum absolute atomic E-state index is 0.261. The van der Waals surface area contributed by atoms with E-state index in [2.05, 4.69) is 40.8 Å². The zero-order chi connectivity index (χ0) is 19.4. The second-order valence-electron chi connectivity index (χ2n) is 6.91. The van der Waals surface area contributed by atoms with E-state index < -0.39 is 17.6 Å². The van der Waals surface area contributed by atoms with Crippen LogP contribution in [0.4, 0.5) is 15.8 Å². The summed E-state index contributed by atoms with van der Waals surface area (Å²) in [6, 6.07) is 10.7. The average molecular weight is 369 g/mol. The summed E-state index contributed by atoms with van der Waals surface area (Å²) < 4.78 is 13.5. The molecule has 0 spiro atoms. The van der Waals surface area contributed by atoms with Crippen LogP contribution in [0, 0.1) is 12.7 Å². The Morgan fingerprint density at radius 3 is 2.74 bits per heavy atom. The quantitative estimate of drug-likeness (QED) is 0.815. The Morgan fingerprint density at radius 2 is 1.96 bits per heavy atom. The van der Waals surface area contributed by atoms with Gasteiger partial charge >= 0.3 is 11.8 Å². The van der Waals surface area contributed by atoms with Gasteiger partial charge in [-0.25, -0.2) is 4.39 Å². The first-order chi connectivity index (χ1) is 12.9. The Bertz CT molecular complexity index is 867. The fraction of sp³-hybridized carbons (Fsp3) is 0.333. The molecule has 0 saturated heterocycles. The van der Waals surface area contributed by atoms with Gasteiger partial charge in [0, 0.05) is 31.5 Å². The van der Waals surface area contributed by atoms with Gasteiger partial charge in [-0.2, -0.15) is 0 Å². The lowest BCUT2D eigenvalue weighted by Gasteiger charge is -2.27. The van der Waals surface area contributed by atoms with Crippen LogP contribution in [0.5, 0.6) is 0 Å². The van der Waals surface area contributed by atoms with Gasteiger partial charge in [-0.15, -0.1) is 0 Å². The van der Waals surface area contributed by atoms with Crippen LogP contribution in [0.2, 0.25) is 0 Å². The third-order valence-electron chi connectivity index (χ3n) is 4.83. The molecule has 2 N–H and O–H groups in total. The maximum absolute atomic E-state index is 13.5. The molecule has 2 amide bonds. The zero-order valence-corrected chi connectivity index (χ0v) is 15.6. The normalized spacial score (nSPS) is 13.1. The number of hydrogen-bond acceptors (Lipinski definition) is 3. The molecule has 0 unspecified atom stereocenters. The molecular weight excluding hydrogens is 345 g/mol. The summed E-state index contributed by atoms with van der Waals surface area (Å²) in [6.07, 6.45) is 2.86. The zero-order valence-electron chi connectivity index (χ0n) is 15.6. The van der Waals surface area contributed by atoms with Crippen molar-refractivity contribution in [2.24, 2.45) is 0 Å². The standard InChI is InChI=1S/C21H24FN3O2/c1-14-5-7-17(13-18(14)22)24-21(27)20(26)23-10-9-15-6-8-19-16(12-15)4-3-11-25(19)2/h5-8,12-13H,3-4,9-11H2,1-2H3,(H,23,26)(H,24,27). The second kappa shape index (κ2) is 8.20. The lowest BCUT2D eigenvalue weighted by atomic mass is 9.98.